The first-order chi connectivity index (χ1) is 5.83. The van der Waals surface area contributed by atoms with Crippen LogP contribution in [0.2, 0.25) is 5.15 Å². The molecule has 0 spiro atoms. The average molecular weight is 183 g/mol. The first-order valence-corrected chi connectivity index (χ1v) is 3.93. The highest BCUT2D eigenvalue weighted by molar-refractivity contribution is 6.34. The van der Waals surface area contributed by atoms with Crippen LogP contribution in [-0.2, 0) is 6.54 Å². The van der Waals surface area contributed by atoms with Crippen LogP contribution in [0.3, 0.4) is 0 Å². The molecule has 3 nitrogen and oxygen atoms in total. The summed E-state index contributed by atoms with van der Waals surface area (Å²) >= 11 is 5.80. The number of rotatable bonds is 1. The summed E-state index contributed by atoms with van der Waals surface area (Å²) in [6.07, 6.45) is 0. The third-order valence-corrected chi connectivity index (χ3v) is 2.02. The maximum atomic E-state index is 5.80. The van der Waals surface area contributed by atoms with E-state index in [1.807, 2.05) is 18.2 Å². The third kappa shape index (κ3) is 0.983. The normalized spacial score (nSPS) is 10.8. The van der Waals surface area contributed by atoms with Gasteiger partial charge in [0.25, 0.3) is 0 Å². The van der Waals surface area contributed by atoms with E-state index in [4.69, 9.17) is 21.9 Å². The monoisotopic (exact) mass is 182 g/mol. The van der Waals surface area contributed by atoms with E-state index in [1.165, 1.54) is 0 Å². The summed E-state index contributed by atoms with van der Waals surface area (Å²) in [5, 5.41) is 4.84. The summed E-state index contributed by atoms with van der Waals surface area (Å²) < 4.78 is 4.95. The average Bonchev–Trinajstić information content (AvgIpc) is 2.48. The van der Waals surface area contributed by atoms with E-state index in [0.717, 1.165) is 10.9 Å². The predicted molar refractivity (Wildman–Crippen MR) is 46.9 cm³/mol. The Kier molecular flexibility index (Phi) is 1.75. The maximum absolute atomic E-state index is 5.80. The minimum atomic E-state index is 0.381. The van der Waals surface area contributed by atoms with Crippen molar-refractivity contribution < 1.29 is 4.52 Å². The van der Waals surface area contributed by atoms with Gasteiger partial charge in [0.1, 0.15) is 0 Å². The fourth-order valence-electron chi connectivity index (χ4n) is 1.19. The zero-order valence-electron chi connectivity index (χ0n) is 6.25. The first-order valence-electron chi connectivity index (χ1n) is 3.56. The highest BCUT2D eigenvalue weighted by Gasteiger charge is 2.08. The maximum Gasteiger partial charge on any atom is 0.180 e. The predicted octanol–water partition coefficient (Wildman–Crippen LogP) is 1.94. The quantitative estimate of drug-likeness (QED) is 0.734. The molecule has 2 N–H and O–H groups in total. The first kappa shape index (κ1) is 7.58. The fourth-order valence-corrected chi connectivity index (χ4v) is 1.44. The Morgan fingerprint density at radius 2 is 2.33 bits per heavy atom. The van der Waals surface area contributed by atoms with Gasteiger partial charge in [0, 0.05) is 6.54 Å². The van der Waals surface area contributed by atoms with Gasteiger partial charge in [-0.2, -0.15) is 0 Å². The van der Waals surface area contributed by atoms with E-state index in [9.17, 15) is 0 Å². The zero-order chi connectivity index (χ0) is 8.55. The molecule has 0 saturated carbocycles. The van der Waals surface area contributed by atoms with E-state index >= 15 is 0 Å². The lowest BCUT2D eigenvalue weighted by atomic mass is 10.1. The molecule has 0 bridgehead atoms. The van der Waals surface area contributed by atoms with Gasteiger partial charge in [0.2, 0.25) is 0 Å². The van der Waals surface area contributed by atoms with Crippen LogP contribution in [0.5, 0.6) is 0 Å². The van der Waals surface area contributed by atoms with Crippen molar-refractivity contribution in [2.75, 3.05) is 0 Å². The molecular weight excluding hydrogens is 176 g/mol. The Morgan fingerprint density at radius 3 is 3.08 bits per heavy atom. The zero-order valence-corrected chi connectivity index (χ0v) is 7.01. The standard InChI is InChI=1S/C8H7ClN2O/c9-8-7-5(4-10)2-1-3-6(7)12-11-8/h1-3H,4,10H2. The molecule has 1 aromatic carbocycles. The number of fused-ring (bicyclic) bond motifs is 1. The second-order valence-corrected chi connectivity index (χ2v) is 2.83. The number of halogens is 1. The molecule has 4 heteroatoms. The van der Waals surface area contributed by atoms with E-state index in [0.29, 0.717) is 17.3 Å². The molecule has 0 atom stereocenters. The smallest absolute Gasteiger partial charge is 0.180 e. The van der Waals surface area contributed by atoms with Crippen LogP contribution >= 0.6 is 11.6 Å². The molecule has 0 saturated heterocycles. The highest BCUT2D eigenvalue weighted by atomic mass is 35.5. The largest absolute Gasteiger partial charge is 0.355 e. The number of aromatic nitrogens is 1. The molecule has 0 radical (unpaired) electrons. The lowest BCUT2D eigenvalue weighted by Gasteiger charge is -1.95. The molecule has 0 amide bonds. The van der Waals surface area contributed by atoms with Crippen molar-refractivity contribution in [2.45, 2.75) is 6.54 Å². The summed E-state index contributed by atoms with van der Waals surface area (Å²) in [6.45, 7) is 0.443. The van der Waals surface area contributed by atoms with Crippen LogP contribution in [0.25, 0.3) is 11.0 Å². The summed E-state index contributed by atoms with van der Waals surface area (Å²) in [7, 11) is 0. The molecule has 0 aliphatic heterocycles. The summed E-state index contributed by atoms with van der Waals surface area (Å²) in [4.78, 5) is 0. The van der Waals surface area contributed by atoms with Gasteiger partial charge in [-0.05, 0) is 11.6 Å². The van der Waals surface area contributed by atoms with Gasteiger partial charge in [-0.25, -0.2) is 0 Å². The number of hydrogen-bond acceptors (Lipinski definition) is 3. The van der Waals surface area contributed by atoms with E-state index in [-0.39, 0.29) is 0 Å². The number of nitrogens with two attached hydrogens (primary N) is 1. The van der Waals surface area contributed by atoms with E-state index in [2.05, 4.69) is 5.16 Å². The van der Waals surface area contributed by atoms with Gasteiger partial charge in [0.15, 0.2) is 10.7 Å². The van der Waals surface area contributed by atoms with Crippen molar-refractivity contribution >= 4 is 22.6 Å². The Balaban J connectivity index is 2.84. The number of hydrogen-bond donors (Lipinski definition) is 1. The van der Waals surface area contributed by atoms with Gasteiger partial charge in [-0.3, -0.25) is 0 Å². The van der Waals surface area contributed by atoms with Crippen molar-refractivity contribution in [1.82, 2.24) is 5.16 Å². The van der Waals surface area contributed by atoms with Crippen LogP contribution in [0.4, 0.5) is 0 Å². The lowest BCUT2D eigenvalue weighted by molar-refractivity contribution is 0.457. The van der Waals surface area contributed by atoms with Gasteiger partial charge in [0.05, 0.1) is 5.39 Å². The summed E-state index contributed by atoms with van der Waals surface area (Å²) in [5.74, 6) is 0. The molecule has 0 unspecified atom stereocenters. The minimum Gasteiger partial charge on any atom is -0.355 e. The summed E-state index contributed by atoms with van der Waals surface area (Å²) in [5.41, 5.74) is 7.16. The van der Waals surface area contributed by atoms with Crippen molar-refractivity contribution in [3.8, 4) is 0 Å². The van der Waals surface area contributed by atoms with Crippen molar-refractivity contribution in [1.29, 1.82) is 0 Å². The lowest BCUT2D eigenvalue weighted by Crippen LogP contribution is -1.95. The van der Waals surface area contributed by atoms with E-state index in [1.54, 1.807) is 0 Å². The van der Waals surface area contributed by atoms with Crippen LogP contribution in [0.1, 0.15) is 5.56 Å². The summed E-state index contributed by atoms with van der Waals surface area (Å²) in [6, 6.07) is 5.59. The van der Waals surface area contributed by atoms with Crippen LogP contribution in [0, 0.1) is 0 Å². The molecule has 0 fully saturated rings. The Morgan fingerprint density at radius 1 is 1.50 bits per heavy atom. The second kappa shape index (κ2) is 2.77. The van der Waals surface area contributed by atoms with Crippen molar-refractivity contribution in [3.05, 3.63) is 28.9 Å². The topological polar surface area (TPSA) is 52.0 Å². The fraction of sp³-hybridized carbons (Fsp3) is 0.125. The van der Waals surface area contributed by atoms with Crippen LogP contribution in [-0.4, -0.2) is 5.16 Å². The molecule has 2 rings (SSSR count). The molecular formula is C8H7ClN2O. The molecule has 12 heavy (non-hydrogen) atoms. The molecule has 2 aromatic rings. The molecule has 0 aliphatic rings. The highest BCUT2D eigenvalue weighted by Crippen LogP contribution is 2.25. The van der Waals surface area contributed by atoms with Gasteiger partial charge >= 0.3 is 0 Å². The van der Waals surface area contributed by atoms with Crippen molar-refractivity contribution in [3.63, 3.8) is 0 Å². The van der Waals surface area contributed by atoms with Crippen LogP contribution < -0.4 is 5.73 Å². The molecule has 1 aromatic heterocycles. The molecule has 62 valence electrons. The Bertz CT molecular complexity index is 410. The third-order valence-electron chi connectivity index (χ3n) is 1.76. The Labute approximate surface area is 74.1 Å². The minimum absolute atomic E-state index is 0.381. The Hall–Kier alpha value is -1.06. The van der Waals surface area contributed by atoms with Crippen molar-refractivity contribution in [2.24, 2.45) is 5.73 Å². The van der Waals surface area contributed by atoms with E-state index < -0.39 is 0 Å². The van der Waals surface area contributed by atoms with Gasteiger partial charge in [-0.1, -0.05) is 28.9 Å². The number of nitrogens with zero attached hydrogens (tertiary/aromatic N) is 1. The molecule has 0 aliphatic carbocycles. The number of benzene rings is 1. The van der Waals surface area contributed by atoms with Crippen LogP contribution in [0.15, 0.2) is 22.7 Å². The second-order valence-electron chi connectivity index (χ2n) is 2.47. The van der Waals surface area contributed by atoms with Gasteiger partial charge < -0.3 is 10.3 Å². The SMILES string of the molecule is NCc1cccc2onc(Cl)c12. The van der Waals surface area contributed by atoms with Gasteiger partial charge in [-0.15, -0.1) is 0 Å². The molecule has 1 heterocycles.